The van der Waals surface area contributed by atoms with E-state index in [-0.39, 0.29) is 12.3 Å². The molecule has 0 aliphatic carbocycles. The van der Waals surface area contributed by atoms with Crippen molar-refractivity contribution in [2.75, 3.05) is 0 Å². The lowest BCUT2D eigenvalue weighted by Gasteiger charge is -2.21. The van der Waals surface area contributed by atoms with Crippen LogP contribution in [0.25, 0.3) is 0 Å². The molecule has 0 fully saturated rings. The highest BCUT2D eigenvalue weighted by Crippen LogP contribution is 2.35. The summed E-state index contributed by atoms with van der Waals surface area (Å²) < 4.78 is 6.03. The van der Waals surface area contributed by atoms with E-state index in [1.54, 1.807) is 23.2 Å². The number of carbonyl (C=O) groups is 1. The molecule has 4 rings (SSSR count). The van der Waals surface area contributed by atoms with Crippen molar-refractivity contribution in [3.8, 4) is 5.75 Å². The van der Waals surface area contributed by atoms with Crippen LogP contribution in [0.2, 0.25) is 5.02 Å². The van der Waals surface area contributed by atoms with Gasteiger partial charge in [0, 0.05) is 16.7 Å². The molecule has 1 aromatic carbocycles. The molecule has 28 heavy (non-hydrogen) atoms. The zero-order valence-corrected chi connectivity index (χ0v) is 16.4. The van der Waals surface area contributed by atoms with Crippen molar-refractivity contribution in [2.24, 2.45) is 21.7 Å². The number of thiophene rings is 1. The molecule has 0 saturated heterocycles. The van der Waals surface area contributed by atoms with Gasteiger partial charge >= 0.3 is 0 Å². The number of nitrogens with two attached hydrogens (primary N) is 2. The quantitative estimate of drug-likeness (QED) is 0.691. The molecule has 2 atom stereocenters. The molecule has 3 heterocycles. The summed E-state index contributed by atoms with van der Waals surface area (Å²) in [7, 11) is 0. The molecule has 2 aliphatic heterocycles. The molecule has 5 N–H and O–H groups in total. The highest BCUT2D eigenvalue weighted by Gasteiger charge is 2.32. The Kier molecular flexibility index (Phi) is 4.70. The van der Waals surface area contributed by atoms with Crippen LogP contribution in [0, 0.1) is 0 Å². The van der Waals surface area contributed by atoms with E-state index in [4.69, 9.17) is 27.8 Å². The van der Waals surface area contributed by atoms with Gasteiger partial charge in [-0.25, -0.2) is 5.01 Å². The number of halogens is 1. The Bertz CT molecular complexity index is 1030. The summed E-state index contributed by atoms with van der Waals surface area (Å²) in [6.07, 6.45) is 2.94. The summed E-state index contributed by atoms with van der Waals surface area (Å²) in [5, 5.41) is 10.8. The van der Waals surface area contributed by atoms with Crippen LogP contribution in [0.15, 0.2) is 52.7 Å². The highest BCUT2D eigenvalue weighted by atomic mass is 35.5. The van der Waals surface area contributed by atoms with E-state index in [1.807, 2.05) is 31.2 Å². The maximum atomic E-state index is 12.0. The Morgan fingerprint density at radius 3 is 2.96 bits per heavy atom. The molecule has 10 heteroatoms. The Morgan fingerprint density at radius 2 is 2.21 bits per heavy atom. The first kappa shape index (κ1) is 18.3. The number of fused-ring (bicyclic) bond motifs is 1. The van der Waals surface area contributed by atoms with Crippen LogP contribution in [-0.2, 0) is 0 Å². The van der Waals surface area contributed by atoms with Crippen LogP contribution in [-0.4, -0.2) is 28.8 Å². The van der Waals surface area contributed by atoms with Gasteiger partial charge in [0.05, 0.1) is 4.88 Å². The van der Waals surface area contributed by atoms with Crippen LogP contribution >= 0.6 is 22.9 Å². The monoisotopic (exact) mass is 416 g/mol. The number of hydrogen-bond acceptors (Lipinski definition) is 8. The van der Waals surface area contributed by atoms with Crippen molar-refractivity contribution >= 4 is 40.5 Å². The first-order chi connectivity index (χ1) is 13.4. The molecule has 1 aromatic heterocycles. The number of carbonyl (C=O) groups excluding carboxylic acids is 1. The molecule has 0 spiro atoms. The van der Waals surface area contributed by atoms with Gasteiger partial charge in [0.25, 0.3) is 5.91 Å². The number of nitrogens with one attached hydrogen (secondary N) is 1. The minimum Gasteiger partial charge on any atom is -0.484 e. The van der Waals surface area contributed by atoms with Crippen molar-refractivity contribution < 1.29 is 9.53 Å². The van der Waals surface area contributed by atoms with E-state index in [9.17, 15) is 4.79 Å². The number of hydrazone groups is 2. The molecule has 0 saturated carbocycles. The maximum absolute atomic E-state index is 12.0. The number of amidine groups is 2. The molecule has 144 valence electrons. The van der Waals surface area contributed by atoms with Crippen LogP contribution in [0.1, 0.15) is 33.1 Å². The third kappa shape index (κ3) is 3.30. The fourth-order valence-electron chi connectivity index (χ4n) is 2.92. The number of primary amides is 1. The summed E-state index contributed by atoms with van der Waals surface area (Å²) in [6.45, 7) is 1.86. The summed E-state index contributed by atoms with van der Waals surface area (Å²) in [5.74, 6) is 0.686. The molecule has 0 radical (unpaired) electrons. The molecule has 8 nitrogen and oxygen atoms in total. The lowest BCUT2D eigenvalue weighted by atomic mass is 10.1. The van der Waals surface area contributed by atoms with Gasteiger partial charge in [-0.3, -0.25) is 10.2 Å². The van der Waals surface area contributed by atoms with Gasteiger partial charge in [0.2, 0.25) is 0 Å². The van der Waals surface area contributed by atoms with Gasteiger partial charge < -0.3 is 16.2 Å². The van der Waals surface area contributed by atoms with Crippen LogP contribution in [0.5, 0.6) is 5.75 Å². The van der Waals surface area contributed by atoms with Gasteiger partial charge in [0.15, 0.2) is 12.0 Å². The Balaban J connectivity index is 1.65. The zero-order chi connectivity index (χ0) is 19.8. The standard InChI is InChI=1S/C18H17ClN6O2S/c1-9(10-4-2-3-5-11(10)19)27-12-8-13(28-16(12)17(21)26)18-23-22-15-7-6-14(20)24-25(15)18/h2-9,15,22H,1H3,(H2,20,24)(H2,21,26). The first-order valence-electron chi connectivity index (χ1n) is 8.44. The molecule has 2 aliphatic rings. The van der Waals surface area contributed by atoms with Gasteiger partial charge in [-0.1, -0.05) is 29.8 Å². The second kappa shape index (κ2) is 7.17. The molecule has 2 aromatic rings. The number of ether oxygens (including phenoxy) is 1. The molecular weight excluding hydrogens is 400 g/mol. The smallest absolute Gasteiger partial charge is 0.262 e. The van der Waals surface area contributed by atoms with Crippen molar-refractivity contribution in [1.29, 1.82) is 0 Å². The number of hydrogen-bond donors (Lipinski definition) is 3. The topological polar surface area (TPSA) is 118 Å². The van der Waals surface area contributed by atoms with E-state index in [0.717, 1.165) is 5.56 Å². The minimum atomic E-state index is -0.581. The first-order valence-corrected chi connectivity index (χ1v) is 9.63. The van der Waals surface area contributed by atoms with Crippen molar-refractivity contribution in [3.63, 3.8) is 0 Å². The summed E-state index contributed by atoms with van der Waals surface area (Å²) >= 11 is 7.43. The number of benzene rings is 1. The largest absolute Gasteiger partial charge is 0.484 e. The van der Waals surface area contributed by atoms with Crippen LogP contribution < -0.4 is 21.6 Å². The van der Waals surface area contributed by atoms with E-state index in [2.05, 4.69) is 15.6 Å². The third-order valence-electron chi connectivity index (χ3n) is 4.24. The lowest BCUT2D eigenvalue weighted by Crippen LogP contribution is -2.39. The van der Waals surface area contributed by atoms with Crippen molar-refractivity contribution in [2.45, 2.75) is 19.2 Å². The molecule has 0 bridgehead atoms. The van der Waals surface area contributed by atoms with Gasteiger partial charge in [-0.05, 0) is 25.1 Å². The second-order valence-corrected chi connectivity index (χ2v) is 7.65. The molecular formula is C18H17ClN6O2S. The minimum absolute atomic E-state index is 0.229. The SMILES string of the molecule is CC(Oc1cc(C2=NNC3C=CC(N)=NN23)sc1C(N)=O)c1ccccc1Cl. The van der Waals surface area contributed by atoms with Crippen molar-refractivity contribution in [1.82, 2.24) is 10.4 Å². The second-order valence-electron chi connectivity index (χ2n) is 6.19. The van der Waals surface area contributed by atoms with E-state index in [1.165, 1.54) is 11.3 Å². The predicted octanol–water partition coefficient (Wildman–Crippen LogP) is 2.38. The average Bonchev–Trinajstić information content (AvgIpc) is 3.25. The van der Waals surface area contributed by atoms with E-state index >= 15 is 0 Å². The van der Waals surface area contributed by atoms with Crippen molar-refractivity contribution in [3.05, 3.63) is 62.8 Å². The van der Waals surface area contributed by atoms with Crippen LogP contribution in [0.3, 0.4) is 0 Å². The highest BCUT2D eigenvalue weighted by molar-refractivity contribution is 7.16. The fourth-order valence-corrected chi connectivity index (χ4v) is 4.13. The lowest BCUT2D eigenvalue weighted by molar-refractivity contribution is 0.0998. The Morgan fingerprint density at radius 1 is 1.43 bits per heavy atom. The van der Waals surface area contributed by atoms with Crippen LogP contribution in [0.4, 0.5) is 0 Å². The normalized spacial score (nSPS) is 18.8. The number of nitrogens with zero attached hydrogens (tertiary/aromatic N) is 3. The fraction of sp³-hybridized carbons (Fsp3) is 0.167. The molecule has 2 unspecified atom stereocenters. The van der Waals surface area contributed by atoms with Gasteiger partial charge in [-0.15, -0.1) is 11.3 Å². The van der Waals surface area contributed by atoms with E-state index < -0.39 is 5.91 Å². The predicted molar refractivity (Wildman–Crippen MR) is 109 cm³/mol. The number of rotatable bonds is 5. The maximum Gasteiger partial charge on any atom is 0.262 e. The zero-order valence-electron chi connectivity index (χ0n) is 14.8. The van der Waals surface area contributed by atoms with Gasteiger partial charge in [0.1, 0.15) is 22.6 Å². The molecule has 1 amide bonds. The third-order valence-corrected chi connectivity index (χ3v) is 5.72. The Labute approximate surface area is 170 Å². The number of amides is 1. The summed E-state index contributed by atoms with van der Waals surface area (Å²) in [5.41, 5.74) is 15.1. The Hall–Kier alpha value is -3.04. The summed E-state index contributed by atoms with van der Waals surface area (Å²) in [6, 6.07) is 9.11. The summed E-state index contributed by atoms with van der Waals surface area (Å²) in [4.78, 5) is 12.9. The average molecular weight is 417 g/mol. The van der Waals surface area contributed by atoms with E-state index in [0.29, 0.717) is 32.2 Å². The van der Waals surface area contributed by atoms with Gasteiger partial charge in [-0.2, -0.15) is 10.2 Å².